The number of piperidine rings is 1. The maximum absolute atomic E-state index is 12.7. The summed E-state index contributed by atoms with van der Waals surface area (Å²) in [6.07, 6.45) is 5.58. The van der Waals surface area contributed by atoms with Crippen LogP contribution in [-0.4, -0.2) is 46.8 Å². The van der Waals surface area contributed by atoms with Gasteiger partial charge in [-0.05, 0) is 68.4 Å². The number of benzene rings is 2. The summed E-state index contributed by atoms with van der Waals surface area (Å²) in [5.74, 6) is 0.497. The molecular formula is C24H26Cl2N4O2. The monoisotopic (exact) mass is 472 g/mol. The average molecular weight is 473 g/mol. The van der Waals surface area contributed by atoms with Gasteiger partial charge in [0, 0.05) is 36.6 Å². The maximum Gasteiger partial charge on any atom is 0.255 e. The van der Waals surface area contributed by atoms with E-state index in [0.29, 0.717) is 27.9 Å². The van der Waals surface area contributed by atoms with Gasteiger partial charge in [-0.15, -0.1) is 0 Å². The largest absolute Gasteiger partial charge is 0.492 e. The molecule has 0 saturated carbocycles. The van der Waals surface area contributed by atoms with Gasteiger partial charge in [-0.1, -0.05) is 29.6 Å². The van der Waals surface area contributed by atoms with Crippen molar-refractivity contribution >= 4 is 34.8 Å². The Bertz CT molecular complexity index is 1090. The second-order valence-corrected chi connectivity index (χ2v) is 8.70. The third-order valence-corrected chi connectivity index (χ3v) is 6.37. The highest BCUT2D eigenvalue weighted by atomic mass is 35.5. The number of rotatable bonds is 7. The molecule has 1 amide bonds. The summed E-state index contributed by atoms with van der Waals surface area (Å²) < 4.78 is 7.95. The van der Waals surface area contributed by atoms with Crippen molar-refractivity contribution in [1.29, 1.82) is 0 Å². The summed E-state index contributed by atoms with van der Waals surface area (Å²) in [7, 11) is 1.88. The highest BCUT2D eigenvalue weighted by molar-refractivity contribution is 6.42. The Morgan fingerprint density at radius 3 is 2.59 bits per heavy atom. The third-order valence-electron chi connectivity index (χ3n) is 5.63. The standard InChI is InChI=1S/C24H26Cl2N4O2/c1-29-22(9-10-27-29)19-16-18(28-24(31)17-5-7-20(25)21(26)15-17)6-8-23(19)32-14-13-30-11-3-2-4-12-30/h5-10,15-16H,2-4,11-14H2,1H3,(H,28,31). The van der Waals surface area contributed by atoms with Gasteiger partial charge in [-0.3, -0.25) is 14.4 Å². The molecular weight excluding hydrogens is 447 g/mol. The zero-order valence-electron chi connectivity index (χ0n) is 18.0. The van der Waals surface area contributed by atoms with Crippen LogP contribution in [0.1, 0.15) is 29.6 Å². The molecule has 1 N–H and O–H groups in total. The molecule has 0 radical (unpaired) electrons. The summed E-state index contributed by atoms with van der Waals surface area (Å²) >= 11 is 12.0. The second kappa shape index (κ2) is 10.4. The van der Waals surface area contributed by atoms with Crippen molar-refractivity contribution in [2.75, 3.05) is 31.6 Å². The Kier molecular flexibility index (Phi) is 7.35. The first kappa shape index (κ1) is 22.6. The molecule has 168 valence electrons. The number of ether oxygens (including phenoxy) is 1. The van der Waals surface area contributed by atoms with Gasteiger partial charge >= 0.3 is 0 Å². The smallest absolute Gasteiger partial charge is 0.255 e. The number of amides is 1. The fourth-order valence-electron chi connectivity index (χ4n) is 3.88. The summed E-state index contributed by atoms with van der Waals surface area (Å²) in [6.45, 7) is 3.79. The quantitative estimate of drug-likeness (QED) is 0.492. The number of carbonyl (C=O) groups excluding carboxylic acids is 1. The van der Waals surface area contributed by atoms with Gasteiger partial charge in [0.15, 0.2) is 0 Å². The van der Waals surface area contributed by atoms with E-state index in [0.717, 1.165) is 36.6 Å². The third kappa shape index (κ3) is 5.44. The van der Waals surface area contributed by atoms with Gasteiger partial charge in [-0.2, -0.15) is 5.10 Å². The van der Waals surface area contributed by atoms with Gasteiger partial charge in [0.25, 0.3) is 5.91 Å². The molecule has 0 spiro atoms. The number of hydrogen-bond acceptors (Lipinski definition) is 4. The lowest BCUT2D eigenvalue weighted by Gasteiger charge is -2.26. The molecule has 1 aliphatic rings. The zero-order chi connectivity index (χ0) is 22.5. The number of likely N-dealkylation sites (tertiary alicyclic amines) is 1. The van der Waals surface area contributed by atoms with E-state index in [9.17, 15) is 4.79 Å². The van der Waals surface area contributed by atoms with Gasteiger partial charge in [0.2, 0.25) is 0 Å². The molecule has 2 heterocycles. The second-order valence-electron chi connectivity index (χ2n) is 7.88. The van der Waals surface area contributed by atoms with Crippen LogP contribution in [0.3, 0.4) is 0 Å². The molecule has 1 aromatic heterocycles. The molecule has 1 saturated heterocycles. The summed E-state index contributed by atoms with van der Waals surface area (Å²) in [6, 6.07) is 12.4. The van der Waals surface area contributed by atoms with Crippen molar-refractivity contribution in [3.63, 3.8) is 0 Å². The van der Waals surface area contributed by atoms with Gasteiger partial charge < -0.3 is 10.1 Å². The van der Waals surface area contributed by atoms with Crippen LogP contribution in [0.15, 0.2) is 48.7 Å². The maximum atomic E-state index is 12.7. The molecule has 2 aromatic carbocycles. The Labute approximate surface area is 198 Å². The van der Waals surface area contributed by atoms with Crippen LogP contribution in [0.2, 0.25) is 10.0 Å². The van der Waals surface area contributed by atoms with E-state index in [-0.39, 0.29) is 5.91 Å². The summed E-state index contributed by atoms with van der Waals surface area (Å²) in [5.41, 5.74) is 2.86. The van der Waals surface area contributed by atoms with Crippen molar-refractivity contribution in [2.45, 2.75) is 19.3 Å². The Hall–Kier alpha value is -2.54. The van der Waals surface area contributed by atoms with Crippen molar-refractivity contribution in [3.8, 4) is 17.0 Å². The van der Waals surface area contributed by atoms with Crippen molar-refractivity contribution < 1.29 is 9.53 Å². The van der Waals surface area contributed by atoms with Crippen LogP contribution < -0.4 is 10.1 Å². The Morgan fingerprint density at radius 1 is 1.06 bits per heavy atom. The molecule has 6 nitrogen and oxygen atoms in total. The van der Waals surface area contributed by atoms with E-state index in [1.165, 1.54) is 19.3 Å². The highest BCUT2D eigenvalue weighted by Gasteiger charge is 2.15. The lowest BCUT2D eigenvalue weighted by atomic mass is 10.1. The molecule has 0 atom stereocenters. The Balaban J connectivity index is 1.52. The SMILES string of the molecule is Cn1nccc1-c1cc(NC(=O)c2ccc(Cl)c(Cl)c2)ccc1OCCN1CCCCC1. The summed E-state index contributed by atoms with van der Waals surface area (Å²) in [5, 5.41) is 7.96. The van der Waals surface area contributed by atoms with Crippen LogP contribution in [0, 0.1) is 0 Å². The van der Waals surface area contributed by atoms with Gasteiger partial charge in [-0.25, -0.2) is 0 Å². The Morgan fingerprint density at radius 2 is 1.88 bits per heavy atom. The van der Waals surface area contributed by atoms with Crippen LogP contribution in [0.25, 0.3) is 11.3 Å². The normalized spacial score (nSPS) is 14.3. The van der Waals surface area contributed by atoms with Gasteiger partial charge in [0.1, 0.15) is 12.4 Å². The molecule has 0 aliphatic carbocycles. The van der Waals surface area contributed by atoms with E-state index in [1.54, 1.807) is 29.1 Å². The molecule has 0 unspecified atom stereocenters. The number of hydrogen-bond donors (Lipinski definition) is 1. The number of halogens is 2. The highest BCUT2D eigenvalue weighted by Crippen LogP contribution is 2.33. The van der Waals surface area contributed by atoms with Gasteiger partial charge in [0.05, 0.1) is 15.7 Å². The first-order chi connectivity index (χ1) is 15.5. The van der Waals surface area contributed by atoms with E-state index in [4.69, 9.17) is 27.9 Å². The van der Waals surface area contributed by atoms with Crippen LogP contribution in [0.5, 0.6) is 5.75 Å². The lowest BCUT2D eigenvalue weighted by Crippen LogP contribution is -2.33. The van der Waals surface area contributed by atoms with E-state index in [2.05, 4.69) is 15.3 Å². The predicted molar refractivity (Wildman–Crippen MR) is 129 cm³/mol. The van der Waals surface area contributed by atoms with Crippen LogP contribution in [0.4, 0.5) is 5.69 Å². The molecule has 8 heteroatoms. The van der Waals surface area contributed by atoms with E-state index < -0.39 is 0 Å². The minimum Gasteiger partial charge on any atom is -0.492 e. The first-order valence-corrected chi connectivity index (χ1v) is 11.5. The number of carbonyl (C=O) groups is 1. The number of nitrogens with zero attached hydrogens (tertiary/aromatic N) is 3. The van der Waals surface area contributed by atoms with Crippen LogP contribution in [-0.2, 0) is 7.05 Å². The zero-order valence-corrected chi connectivity index (χ0v) is 19.5. The summed E-state index contributed by atoms with van der Waals surface area (Å²) in [4.78, 5) is 15.2. The molecule has 0 bridgehead atoms. The lowest BCUT2D eigenvalue weighted by molar-refractivity contribution is 0.102. The van der Waals surface area contributed by atoms with E-state index in [1.807, 2.05) is 31.3 Å². The van der Waals surface area contributed by atoms with E-state index >= 15 is 0 Å². The number of aromatic nitrogens is 2. The molecule has 4 rings (SSSR count). The first-order valence-electron chi connectivity index (χ1n) is 10.8. The molecule has 3 aromatic rings. The minimum absolute atomic E-state index is 0.265. The number of anilines is 1. The van der Waals surface area contributed by atoms with Crippen molar-refractivity contribution in [3.05, 3.63) is 64.3 Å². The fraction of sp³-hybridized carbons (Fsp3) is 0.333. The minimum atomic E-state index is -0.265. The van der Waals surface area contributed by atoms with Crippen molar-refractivity contribution in [1.82, 2.24) is 14.7 Å². The molecule has 1 aliphatic heterocycles. The van der Waals surface area contributed by atoms with Crippen LogP contribution >= 0.6 is 23.2 Å². The number of nitrogens with one attached hydrogen (secondary N) is 1. The molecule has 1 fully saturated rings. The van der Waals surface area contributed by atoms with Crippen molar-refractivity contribution in [2.24, 2.45) is 7.05 Å². The fourth-order valence-corrected chi connectivity index (χ4v) is 4.18. The average Bonchev–Trinajstić information content (AvgIpc) is 3.23. The number of aryl methyl sites for hydroxylation is 1. The predicted octanol–water partition coefficient (Wildman–Crippen LogP) is 5.51. The molecule has 32 heavy (non-hydrogen) atoms. The topological polar surface area (TPSA) is 59.4 Å².